The van der Waals surface area contributed by atoms with Crippen molar-refractivity contribution in [2.24, 2.45) is 0 Å². The highest BCUT2D eigenvalue weighted by molar-refractivity contribution is 8.17. The third-order valence-electron chi connectivity index (χ3n) is 1.41. The van der Waals surface area contributed by atoms with Gasteiger partial charge in [-0.25, -0.2) is 0 Å². The van der Waals surface area contributed by atoms with Crippen molar-refractivity contribution in [2.75, 3.05) is 5.75 Å². The minimum atomic E-state index is -0.833. The summed E-state index contributed by atoms with van der Waals surface area (Å²) in [6.45, 7) is 3.51. The highest BCUT2D eigenvalue weighted by Gasteiger charge is 2.15. The largest absolute Gasteiger partial charge is 0.481 e. The van der Waals surface area contributed by atoms with Gasteiger partial charge in [-0.1, -0.05) is 0 Å². The van der Waals surface area contributed by atoms with Crippen LogP contribution in [0.25, 0.3) is 0 Å². The van der Waals surface area contributed by atoms with Gasteiger partial charge in [0.25, 0.3) is 0 Å². The summed E-state index contributed by atoms with van der Waals surface area (Å²) in [6, 6.07) is 0. The number of aliphatic carboxylic acids is 2. The Labute approximate surface area is 91.5 Å². The van der Waals surface area contributed by atoms with Gasteiger partial charge in [-0.3, -0.25) is 9.59 Å². The van der Waals surface area contributed by atoms with E-state index in [1.807, 2.05) is 6.92 Å². The second-order valence-corrected chi connectivity index (χ2v) is 6.13. The summed E-state index contributed by atoms with van der Waals surface area (Å²) in [4.78, 5) is 20.7. The molecule has 0 aliphatic rings. The standard InChI is InChI=1S/C8H14O4S2/c1-5(8(11)12)14-6(2)13-4-3-7(9)10/h5-6H,3-4H2,1-2H3,(H,9,10)(H,11,12)/t5-,6+/m0/s1. The average Bonchev–Trinajstić information content (AvgIpc) is 2.02. The quantitative estimate of drug-likeness (QED) is 0.658. The smallest absolute Gasteiger partial charge is 0.316 e. The van der Waals surface area contributed by atoms with Gasteiger partial charge in [-0.15, -0.1) is 23.5 Å². The van der Waals surface area contributed by atoms with Gasteiger partial charge in [0.05, 0.1) is 6.42 Å². The zero-order valence-electron chi connectivity index (χ0n) is 8.10. The molecule has 0 saturated carbocycles. The summed E-state index contributed by atoms with van der Waals surface area (Å²) in [6.07, 6.45) is 0.122. The molecule has 0 amide bonds. The van der Waals surface area contributed by atoms with Gasteiger partial charge in [-0.05, 0) is 13.8 Å². The first-order valence-electron chi connectivity index (χ1n) is 4.15. The predicted octanol–water partition coefficient (Wildman–Crippen LogP) is 1.75. The van der Waals surface area contributed by atoms with Crippen molar-refractivity contribution in [1.82, 2.24) is 0 Å². The zero-order chi connectivity index (χ0) is 11.1. The van der Waals surface area contributed by atoms with Crippen LogP contribution in [0.1, 0.15) is 20.3 Å². The molecule has 0 saturated heterocycles. The van der Waals surface area contributed by atoms with Crippen molar-refractivity contribution >= 4 is 35.5 Å². The fraction of sp³-hybridized carbons (Fsp3) is 0.750. The highest BCUT2D eigenvalue weighted by atomic mass is 32.2. The zero-order valence-corrected chi connectivity index (χ0v) is 9.73. The van der Waals surface area contributed by atoms with Crippen LogP contribution in [-0.4, -0.2) is 37.7 Å². The van der Waals surface area contributed by atoms with Crippen molar-refractivity contribution in [1.29, 1.82) is 0 Å². The van der Waals surface area contributed by atoms with E-state index in [0.29, 0.717) is 5.75 Å². The Morgan fingerprint density at radius 3 is 2.29 bits per heavy atom. The number of rotatable bonds is 7. The maximum absolute atomic E-state index is 10.5. The van der Waals surface area contributed by atoms with E-state index in [2.05, 4.69) is 0 Å². The number of thioether (sulfide) groups is 2. The Morgan fingerprint density at radius 1 is 1.29 bits per heavy atom. The van der Waals surface area contributed by atoms with Gasteiger partial charge in [-0.2, -0.15) is 0 Å². The van der Waals surface area contributed by atoms with Gasteiger partial charge < -0.3 is 10.2 Å². The highest BCUT2D eigenvalue weighted by Crippen LogP contribution is 2.27. The first kappa shape index (κ1) is 13.6. The lowest BCUT2D eigenvalue weighted by Crippen LogP contribution is -2.14. The molecule has 0 aliphatic carbocycles. The van der Waals surface area contributed by atoms with Crippen molar-refractivity contribution in [3.63, 3.8) is 0 Å². The normalized spacial score (nSPS) is 14.7. The molecule has 0 heterocycles. The van der Waals surface area contributed by atoms with Gasteiger partial charge >= 0.3 is 11.9 Å². The summed E-state index contributed by atoms with van der Waals surface area (Å²) < 4.78 is 0.112. The van der Waals surface area contributed by atoms with E-state index in [1.54, 1.807) is 6.92 Å². The third-order valence-corrected chi connectivity index (χ3v) is 4.06. The van der Waals surface area contributed by atoms with E-state index in [4.69, 9.17) is 10.2 Å². The Bertz CT molecular complexity index is 208. The van der Waals surface area contributed by atoms with Gasteiger partial charge in [0.2, 0.25) is 0 Å². The molecule has 4 nitrogen and oxygen atoms in total. The van der Waals surface area contributed by atoms with Crippen LogP contribution in [0, 0.1) is 0 Å². The second-order valence-electron chi connectivity index (χ2n) is 2.70. The van der Waals surface area contributed by atoms with Crippen LogP contribution in [0.15, 0.2) is 0 Å². The Hall–Kier alpha value is -0.360. The average molecular weight is 238 g/mol. The number of carbonyl (C=O) groups is 2. The molecule has 0 spiro atoms. The molecule has 0 fully saturated rings. The van der Waals surface area contributed by atoms with Gasteiger partial charge in [0, 0.05) is 10.3 Å². The molecule has 14 heavy (non-hydrogen) atoms. The Balaban J connectivity index is 3.59. The van der Waals surface area contributed by atoms with Gasteiger partial charge in [0.15, 0.2) is 0 Å². The number of hydrogen-bond donors (Lipinski definition) is 2. The molecule has 0 aromatic rings. The van der Waals surface area contributed by atoms with Crippen LogP contribution >= 0.6 is 23.5 Å². The summed E-state index contributed by atoms with van der Waals surface area (Å²) in [5.41, 5.74) is 0. The lowest BCUT2D eigenvalue weighted by atomic mass is 10.5. The van der Waals surface area contributed by atoms with Crippen LogP contribution in [0.3, 0.4) is 0 Å². The van der Waals surface area contributed by atoms with Crippen LogP contribution in [0.4, 0.5) is 0 Å². The first-order chi connectivity index (χ1) is 6.43. The molecule has 6 heteroatoms. The van der Waals surface area contributed by atoms with Gasteiger partial charge in [0.1, 0.15) is 5.25 Å². The Morgan fingerprint density at radius 2 is 1.86 bits per heavy atom. The monoisotopic (exact) mass is 238 g/mol. The molecule has 0 unspecified atom stereocenters. The van der Waals surface area contributed by atoms with E-state index >= 15 is 0 Å². The maximum Gasteiger partial charge on any atom is 0.316 e. The lowest BCUT2D eigenvalue weighted by molar-refractivity contribution is -0.137. The van der Waals surface area contributed by atoms with Crippen molar-refractivity contribution in [2.45, 2.75) is 30.1 Å². The van der Waals surface area contributed by atoms with Crippen LogP contribution in [0.2, 0.25) is 0 Å². The summed E-state index contributed by atoms with van der Waals surface area (Å²) in [5.74, 6) is -1.13. The molecule has 0 aliphatic heterocycles. The summed E-state index contributed by atoms with van der Waals surface area (Å²) in [5, 5.41) is 16.6. The maximum atomic E-state index is 10.5. The summed E-state index contributed by atoms with van der Waals surface area (Å²) in [7, 11) is 0. The molecule has 2 atom stereocenters. The molecule has 0 rings (SSSR count). The molecular weight excluding hydrogens is 224 g/mol. The molecule has 0 aromatic heterocycles. The first-order valence-corrected chi connectivity index (χ1v) is 6.14. The van der Waals surface area contributed by atoms with E-state index in [1.165, 1.54) is 23.5 Å². The van der Waals surface area contributed by atoms with E-state index in [-0.39, 0.29) is 11.0 Å². The minimum absolute atomic E-state index is 0.112. The minimum Gasteiger partial charge on any atom is -0.481 e. The SMILES string of the molecule is C[C@H](SCCC(=O)O)S[C@@H](C)C(=O)O. The lowest BCUT2D eigenvalue weighted by Gasteiger charge is -2.12. The van der Waals surface area contributed by atoms with Crippen LogP contribution in [0.5, 0.6) is 0 Å². The van der Waals surface area contributed by atoms with E-state index < -0.39 is 17.2 Å². The van der Waals surface area contributed by atoms with Crippen molar-refractivity contribution in [3.8, 4) is 0 Å². The molecule has 0 bridgehead atoms. The third kappa shape index (κ3) is 7.08. The van der Waals surface area contributed by atoms with Crippen LogP contribution in [-0.2, 0) is 9.59 Å². The predicted molar refractivity (Wildman–Crippen MR) is 58.9 cm³/mol. The molecule has 0 aromatic carbocycles. The second kappa shape index (κ2) is 7.00. The number of carboxylic acids is 2. The molecule has 0 radical (unpaired) electrons. The molecule has 82 valence electrons. The molecule has 2 N–H and O–H groups in total. The van der Waals surface area contributed by atoms with Crippen molar-refractivity contribution in [3.05, 3.63) is 0 Å². The summed E-state index contributed by atoms with van der Waals surface area (Å²) >= 11 is 2.80. The topological polar surface area (TPSA) is 74.6 Å². The Kier molecular flexibility index (Phi) is 6.82. The van der Waals surface area contributed by atoms with E-state index in [9.17, 15) is 9.59 Å². The van der Waals surface area contributed by atoms with Crippen LogP contribution < -0.4 is 0 Å². The number of carboxylic acid groups (broad SMARTS) is 2. The number of hydrogen-bond acceptors (Lipinski definition) is 4. The van der Waals surface area contributed by atoms with E-state index in [0.717, 1.165) is 0 Å². The molecular formula is C8H14O4S2. The fourth-order valence-corrected chi connectivity index (χ4v) is 3.12. The fourth-order valence-electron chi connectivity index (χ4n) is 0.697. The van der Waals surface area contributed by atoms with Crippen molar-refractivity contribution < 1.29 is 19.8 Å².